The number of aliphatic carboxylic acids is 1. The molecule has 2 aliphatic carbocycles. The van der Waals surface area contributed by atoms with Gasteiger partial charge in [0.2, 0.25) is 0 Å². The Bertz CT molecular complexity index is 740. The van der Waals surface area contributed by atoms with E-state index < -0.39 is 5.97 Å². The van der Waals surface area contributed by atoms with E-state index in [1.165, 1.54) is 63.4 Å². The Morgan fingerprint density at radius 1 is 1.14 bits per heavy atom. The van der Waals surface area contributed by atoms with Crippen LogP contribution in [0.15, 0.2) is 35.9 Å². The van der Waals surface area contributed by atoms with Crippen LogP contribution in [-0.2, 0) is 4.79 Å². The van der Waals surface area contributed by atoms with Gasteiger partial charge in [-0.15, -0.1) is 5.92 Å². The van der Waals surface area contributed by atoms with Gasteiger partial charge in [-0.3, -0.25) is 4.79 Å². The van der Waals surface area contributed by atoms with Crippen molar-refractivity contribution in [3.8, 4) is 17.6 Å². The molecule has 3 nitrogen and oxygen atoms in total. The predicted octanol–water partition coefficient (Wildman–Crippen LogP) is 6.10. The van der Waals surface area contributed by atoms with Crippen molar-refractivity contribution in [3.05, 3.63) is 41.5 Å². The predicted molar refractivity (Wildman–Crippen MR) is 112 cm³/mol. The number of benzene rings is 1. The van der Waals surface area contributed by atoms with Gasteiger partial charge in [-0.1, -0.05) is 49.8 Å². The molecule has 1 aromatic carbocycles. The molecule has 1 saturated carbocycles. The maximum atomic E-state index is 11.1. The average molecular weight is 381 g/mol. The van der Waals surface area contributed by atoms with Gasteiger partial charge in [0.1, 0.15) is 12.4 Å². The van der Waals surface area contributed by atoms with Gasteiger partial charge in [-0.25, -0.2) is 0 Å². The standard InChI is InChI=1S/C25H32O3/c1-2-8-22(17-24(26)27)21-10-12-23(13-11-21)28-19-20-9-7-16-25(18-20)14-5-3-4-6-15-25/h9-13,22H,3-7,14-19H2,1H3,(H,26,27)/t22-/m0/s1. The zero-order valence-electron chi connectivity index (χ0n) is 17.0. The van der Waals surface area contributed by atoms with Gasteiger partial charge >= 0.3 is 5.97 Å². The maximum absolute atomic E-state index is 11.1. The first kappa shape index (κ1) is 20.5. The van der Waals surface area contributed by atoms with Crippen molar-refractivity contribution in [2.45, 2.75) is 77.0 Å². The van der Waals surface area contributed by atoms with Crippen LogP contribution >= 0.6 is 0 Å². The highest BCUT2D eigenvalue weighted by Crippen LogP contribution is 2.46. The van der Waals surface area contributed by atoms with Gasteiger partial charge in [0.25, 0.3) is 0 Å². The van der Waals surface area contributed by atoms with E-state index in [0.717, 1.165) is 11.3 Å². The molecular weight excluding hydrogens is 348 g/mol. The lowest BCUT2D eigenvalue weighted by Crippen LogP contribution is -2.25. The number of rotatable bonds is 6. The zero-order chi connectivity index (χ0) is 19.8. The Hall–Kier alpha value is -2.21. The fourth-order valence-electron chi connectivity index (χ4n) is 4.81. The van der Waals surface area contributed by atoms with Crippen molar-refractivity contribution in [1.29, 1.82) is 0 Å². The Morgan fingerprint density at radius 3 is 2.50 bits per heavy atom. The number of hydrogen-bond donors (Lipinski definition) is 1. The highest BCUT2D eigenvalue weighted by Gasteiger charge is 2.33. The van der Waals surface area contributed by atoms with E-state index in [1.807, 2.05) is 24.3 Å². The highest BCUT2D eigenvalue weighted by atomic mass is 16.5. The largest absolute Gasteiger partial charge is 0.489 e. The van der Waals surface area contributed by atoms with Gasteiger partial charge < -0.3 is 9.84 Å². The Kier molecular flexibility index (Phi) is 7.20. The minimum Gasteiger partial charge on any atom is -0.489 e. The molecule has 1 fully saturated rings. The molecular formula is C25H32O3. The van der Waals surface area contributed by atoms with Crippen molar-refractivity contribution in [1.82, 2.24) is 0 Å². The van der Waals surface area contributed by atoms with Crippen molar-refractivity contribution in [2.24, 2.45) is 5.41 Å². The Balaban J connectivity index is 1.57. The molecule has 0 aromatic heterocycles. The molecule has 0 heterocycles. The van der Waals surface area contributed by atoms with Crippen LogP contribution in [0.4, 0.5) is 0 Å². The van der Waals surface area contributed by atoms with Crippen molar-refractivity contribution < 1.29 is 14.6 Å². The normalized spacial score (nSPS) is 19.7. The topological polar surface area (TPSA) is 46.5 Å². The summed E-state index contributed by atoms with van der Waals surface area (Å²) in [6.45, 7) is 2.40. The van der Waals surface area contributed by atoms with Crippen LogP contribution in [0.5, 0.6) is 5.75 Å². The third-order valence-electron chi connectivity index (χ3n) is 6.28. The summed E-state index contributed by atoms with van der Waals surface area (Å²) in [6.07, 6.45) is 14.4. The van der Waals surface area contributed by atoms with Gasteiger partial charge in [0, 0.05) is 0 Å². The summed E-state index contributed by atoms with van der Waals surface area (Å²) in [6, 6.07) is 7.75. The molecule has 0 amide bonds. The van der Waals surface area contributed by atoms with Gasteiger partial charge in [0.15, 0.2) is 0 Å². The van der Waals surface area contributed by atoms with E-state index in [4.69, 9.17) is 9.84 Å². The van der Waals surface area contributed by atoms with Gasteiger partial charge in [-0.2, -0.15) is 0 Å². The monoisotopic (exact) mass is 380 g/mol. The summed E-state index contributed by atoms with van der Waals surface area (Å²) in [5.41, 5.74) is 2.90. The van der Waals surface area contributed by atoms with E-state index in [0.29, 0.717) is 12.0 Å². The minimum atomic E-state index is -0.829. The summed E-state index contributed by atoms with van der Waals surface area (Å²) in [4.78, 5) is 11.1. The summed E-state index contributed by atoms with van der Waals surface area (Å²) < 4.78 is 6.07. The van der Waals surface area contributed by atoms with Gasteiger partial charge in [-0.05, 0) is 67.7 Å². The second-order valence-electron chi connectivity index (χ2n) is 8.39. The first-order valence-electron chi connectivity index (χ1n) is 10.6. The van der Waals surface area contributed by atoms with Crippen LogP contribution in [0, 0.1) is 17.3 Å². The van der Waals surface area contributed by atoms with Crippen LogP contribution in [0.3, 0.4) is 0 Å². The highest BCUT2D eigenvalue weighted by molar-refractivity contribution is 5.69. The molecule has 0 saturated heterocycles. The molecule has 0 unspecified atom stereocenters. The number of allylic oxidation sites excluding steroid dienone is 1. The number of carboxylic acid groups (broad SMARTS) is 1. The number of carboxylic acids is 1. The van der Waals surface area contributed by atoms with Gasteiger partial charge in [0.05, 0.1) is 12.3 Å². The molecule has 1 atom stereocenters. The number of hydrogen-bond acceptors (Lipinski definition) is 2. The van der Waals surface area contributed by atoms with Crippen molar-refractivity contribution in [2.75, 3.05) is 6.61 Å². The third kappa shape index (κ3) is 5.64. The minimum absolute atomic E-state index is 0.0238. The van der Waals surface area contributed by atoms with Crippen molar-refractivity contribution >= 4 is 5.97 Å². The quantitative estimate of drug-likeness (QED) is 0.479. The summed E-state index contributed by atoms with van der Waals surface area (Å²) in [7, 11) is 0. The molecule has 150 valence electrons. The summed E-state index contributed by atoms with van der Waals surface area (Å²) in [5, 5.41) is 9.08. The lowest BCUT2D eigenvalue weighted by atomic mass is 9.69. The van der Waals surface area contributed by atoms with E-state index in [2.05, 4.69) is 17.9 Å². The van der Waals surface area contributed by atoms with Crippen LogP contribution in [0.25, 0.3) is 0 Å². The Labute approximate surface area is 169 Å². The fourth-order valence-corrected chi connectivity index (χ4v) is 4.81. The first-order chi connectivity index (χ1) is 13.6. The number of carbonyl (C=O) groups is 1. The molecule has 2 aliphatic rings. The lowest BCUT2D eigenvalue weighted by molar-refractivity contribution is -0.137. The molecule has 1 spiro atoms. The fraction of sp³-hybridized carbons (Fsp3) is 0.560. The molecule has 1 N–H and O–H groups in total. The summed E-state index contributed by atoms with van der Waals surface area (Å²) >= 11 is 0. The van der Waals surface area contributed by atoms with E-state index in [1.54, 1.807) is 6.92 Å². The first-order valence-corrected chi connectivity index (χ1v) is 10.6. The molecule has 0 aliphatic heterocycles. The second kappa shape index (κ2) is 9.82. The molecule has 0 bridgehead atoms. The second-order valence-corrected chi connectivity index (χ2v) is 8.39. The van der Waals surface area contributed by atoms with E-state index in [9.17, 15) is 4.79 Å². The molecule has 3 rings (SSSR count). The zero-order valence-corrected chi connectivity index (χ0v) is 17.0. The average Bonchev–Trinajstić information content (AvgIpc) is 2.91. The summed E-state index contributed by atoms with van der Waals surface area (Å²) in [5.74, 6) is 5.56. The molecule has 3 heteroatoms. The van der Waals surface area contributed by atoms with E-state index >= 15 is 0 Å². The van der Waals surface area contributed by atoms with Crippen LogP contribution < -0.4 is 4.74 Å². The smallest absolute Gasteiger partial charge is 0.304 e. The van der Waals surface area contributed by atoms with E-state index in [-0.39, 0.29) is 12.3 Å². The van der Waals surface area contributed by atoms with Crippen LogP contribution in [-0.4, -0.2) is 17.7 Å². The molecule has 1 aromatic rings. The lowest BCUT2D eigenvalue weighted by Gasteiger charge is -2.36. The number of ether oxygens (including phenoxy) is 1. The van der Waals surface area contributed by atoms with Crippen LogP contribution in [0.2, 0.25) is 0 Å². The molecule has 0 radical (unpaired) electrons. The van der Waals surface area contributed by atoms with Crippen molar-refractivity contribution in [3.63, 3.8) is 0 Å². The molecule has 28 heavy (non-hydrogen) atoms. The van der Waals surface area contributed by atoms with Crippen LogP contribution in [0.1, 0.15) is 82.6 Å². The third-order valence-corrected chi connectivity index (χ3v) is 6.28. The maximum Gasteiger partial charge on any atom is 0.304 e. The Morgan fingerprint density at radius 2 is 1.86 bits per heavy atom. The SMILES string of the molecule is CC#C[C@@H](CC(=O)O)c1ccc(OCC2=CCCC3(CCCCCC3)C2)cc1.